The fourth-order valence-electron chi connectivity index (χ4n) is 4.01. The van der Waals surface area contributed by atoms with Gasteiger partial charge in [-0.2, -0.15) is 0 Å². The third kappa shape index (κ3) is 5.48. The molecule has 0 bridgehead atoms. The molecule has 5 nitrogen and oxygen atoms in total. The number of hydrogen-bond donors (Lipinski definition) is 0. The van der Waals surface area contributed by atoms with E-state index in [4.69, 9.17) is 21.1 Å². The Morgan fingerprint density at radius 3 is 2.43 bits per heavy atom. The van der Waals surface area contributed by atoms with Gasteiger partial charge in [-0.15, -0.1) is 0 Å². The number of carbonyl (C=O) groups is 2. The van der Waals surface area contributed by atoms with Crippen molar-refractivity contribution in [2.24, 2.45) is 0 Å². The van der Waals surface area contributed by atoms with E-state index < -0.39 is 0 Å². The molecule has 186 valence electrons. The SMILES string of the molecule is COc1cc(/C=C2\SC(=O)N(Cc3ccc4ccccc4c3)C2=O)cc(Cl)c1OCc1ccc(F)cc1. The summed E-state index contributed by atoms with van der Waals surface area (Å²) < 4.78 is 24.4. The van der Waals surface area contributed by atoms with E-state index in [0.717, 1.165) is 33.7 Å². The second-order valence-electron chi connectivity index (χ2n) is 8.40. The monoisotopic (exact) mass is 533 g/mol. The molecule has 0 N–H and O–H groups in total. The molecule has 4 aromatic rings. The average Bonchev–Trinajstić information content (AvgIpc) is 3.16. The topological polar surface area (TPSA) is 55.8 Å². The summed E-state index contributed by atoms with van der Waals surface area (Å²) in [7, 11) is 1.48. The number of halogens is 2. The van der Waals surface area contributed by atoms with E-state index in [2.05, 4.69) is 0 Å². The first-order valence-corrected chi connectivity index (χ1v) is 12.6. The van der Waals surface area contributed by atoms with Crippen LogP contribution in [0, 0.1) is 5.82 Å². The number of ether oxygens (including phenoxy) is 2. The van der Waals surface area contributed by atoms with Crippen LogP contribution < -0.4 is 9.47 Å². The Bertz CT molecular complexity index is 1540. The van der Waals surface area contributed by atoms with Gasteiger partial charge >= 0.3 is 0 Å². The minimum Gasteiger partial charge on any atom is -0.493 e. The van der Waals surface area contributed by atoms with Crippen molar-refractivity contribution in [3.63, 3.8) is 0 Å². The van der Waals surface area contributed by atoms with E-state index in [-0.39, 0.29) is 35.1 Å². The maximum atomic E-state index is 13.1. The van der Waals surface area contributed by atoms with E-state index in [0.29, 0.717) is 22.0 Å². The first-order valence-electron chi connectivity index (χ1n) is 11.4. The van der Waals surface area contributed by atoms with Crippen LogP contribution in [0.15, 0.2) is 83.8 Å². The van der Waals surface area contributed by atoms with Gasteiger partial charge in [0.15, 0.2) is 11.5 Å². The zero-order valence-electron chi connectivity index (χ0n) is 19.7. The van der Waals surface area contributed by atoms with Gasteiger partial charge in [0.25, 0.3) is 11.1 Å². The third-order valence-electron chi connectivity index (χ3n) is 5.87. The molecule has 1 aliphatic rings. The zero-order chi connectivity index (χ0) is 25.9. The summed E-state index contributed by atoms with van der Waals surface area (Å²) in [6, 6.07) is 23.1. The van der Waals surface area contributed by atoms with E-state index in [1.807, 2.05) is 42.5 Å². The summed E-state index contributed by atoms with van der Waals surface area (Å²) in [5, 5.41) is 2.09. The lowest BCUT2D eigenvalue weighted by atomic mass is 10.1. The van der Waals surface area contributed by atoms with Crippen LogP contribution in [0.3, 0.4) is 0 Å². The number of imide groups is 1. The summed E-state index contributed by atoms with van der Waals surface area (Å²) in [5.74, 6) is 0.00609. The number of fused-ring (bicyclic) bond motifs is 1. The fourth-order valence-corrected chi connectivity index (χ4v) is 5.12. The highest BCUT2D eigenvalue weighted by atomic mass is 35.5. The maximum absolute atomic E-state index is 13.1. The van der Waals surface area contributed by atoms with Gasteiger partial charge in [0.05, 0.1) is 23.6 Å². The van der Waals surface area contributed by atoms with Gasteiger partial charge in [-0.3, -0.25) is 14.5 Å². The number of benzene rings is 4. The summed E-state index contributed by atoms with van der Waals surface area (Å²) in [5.41, 5.74) is 2.23. The van der Waals surface area contributed by atoms with Crippen molar-refractivity contribution in [2.75, 3.05) is 7.11 Å². The number of thioether (sulfide) groups is 1. The van der Waals surface area contributed by atoms with E-state index in [1.165, 1.54) is 24.1 Å². The van der Waals surface area contributed by atoms with Crippen molar-refractivity contribution in [1.82, 2.24) is 4.90 Å². The van der Waals surface area contributed by atoms with Crippen LogP contribution in [0.2, 0.25) is 5.02 Å². The standard InChI is InChI=1S/C29H21ClFNO4S/c1-35-25-14-20(13-24(30)27(25)36-17-18-7-10-23(31)11-8-18)15-26-28(33)32(29(34)37-26)16-19-6-9-21-4-2-3-5-22(21)12-19/h2-15H,16-17H2,1H3/b26-15-. The molecule has 1 fully saturated rings. The van der Waals surface area contributed by atoms with Crippen LogP contribution >= 0.6 is 23.4 Å². The van der Waals surface area contributed by atoms with Crippen molar-refractivity contribution in [1.29, 1.82) is 0 Å². The first kappa shape index (κ1) is 24.9. The summed E-state index contributed by atoms with van der Waals surface area (Å²) in [6.45, 7) is 0.358. The van der Waals surface area contributed by atoms with E-state index >= 15 is 0 Å². The van der Waals surface area contributed by atoms with Crippen molar-refractivity contribution in [3.8, 4) is 11.5 Å². The molecule has 4 aromatic carbocycles. The van der Waals surface area contributed by atoms with Crippen molar-refractivity contribution >= 4 is 51.4 Å². The lowest BCUT2D eigenvalue weighted by Gasteiger charge is -2.14. The minimum atomic E-state index is -0.366. The smallest absolute Gasteiger partial charge is 0.293 e. The molecule has 8 heteroatoms. The molecule has 0 saturated carbocycles. The van der Waals surface area contributed by atoms with Crippen LogP contribution in [0.4, 0.5) is 9.18 Å². The van der Waals surface area contributed by atoms with E-state index in [1.54, 1.807) is 30.3 Å². The highest BCUT2D eigenvalue weighted by Gasteiger charge is 2.35. The van der Waals surface area contributed by atoms with Gasteiger partial charge in [0.1, 0.15) is 12.4 Å². The minimum absolute atomic E-state index is 0.170. The molecule has 0 spiro atoms. The molecule has 1 heterocycles. The van der Waals surface area contributed by atoms with E-state index in [9.17, 15) is 14.0 Å². The molecule has 0 aromatic heterocycles. The number of nitrogens with zero attached hydrogens (tertiary/aromatic N) is 1. The van der Waals surface area contributed by atoms with Crippen LogP contribution in [0.5, 0.6) is 11.5 Å². The largest absolute Gasteiger partial charge is 0.493 e. The Morgan fingerprint density at radius 2 is 1.68 bits per heavy atom. The van der Waals surface area contributed by atoms with Gasteiger partial charge in [-0.05, 0) is 75.6 Å². The zero-order valence-corrected chi connectivity index (χ0v) is 21.3. The molecular weight excluding hydrogens is 513 g/mol. The van der Waals surface area contributed by atoms with Gasteiger partial charge < -0.3 is 9.47 Å². The number of amides is 2. The molecule has 2 amide bonds. The number of rotatable bonds is 7. The highest BCUT2D eigenvalue weighted by molar-refractivity contribution is 8.18. The van der Waals surface area contributed by atoms with Gasteiger partial charge in [-0.1, -0.05) is 60.1 Å². The Kier molecular flexibility index (Phi) is 7.17. The number of methoxy groups -OCH3 is 1. The van der Waals surface area contributed by atoms with Gasteiger partial charge in [0, 0.05) is 0 Å². The normalized spacial score (nSPS) is 14.6. The molecular formula is C29H21ClFNO4S. The van der Waals surface area contributed by atoms with Crippen LogP contribution in [-0.2, 0) is 17.9 Å². The Morgan fingerprint density at radius 1 is 0.946 bits per heavy atom. The highest BCUT2D eigenvalue weighted by Crippen LogP contribution is 2.39. The molecule has 37 heavy (non-hydrogen) atoms. The van der Waals surface area contributed by atoms with Gasteiger partial charge in [-0.25, -0.2) is 4.39 Å². The second-order valence-corrected chi connectivity index (χ2v) is 9.80. The second kappa shape index (κ2) is 10.7. The van der Waals surface area contributed by atoms with Crippen LogP contribution in [-0.4, -0.2) is 23.2 Å². The molecule has 5 rings (SSSR count). The quantitative estimate of drug-likeness (QED) is 0.231. The molecule has 0 atom stereocenters. The average molecular weight is 534 g/mol. The predicted octanol–water partition coefficient (Wildman–Crippen LogP) is 7.46. The fraction of sp³-hybridized carbons (Fsp3) is 0.103. The predicted molar refractivity (Wildman–Crippen MR) is 144 cm³/mol. The number of hydrogen-bond acceptors (Lipinski definition) is 5. The molecule has 0 unspecified atom stereocenters. The summed E-state index contributed by atoms with van der Waals surface area (Å²) >= 11 is 7.36. The first-order chi connectivity index (χ1) is 17.9. The lowest BCUT2D eigenvalue weighted by molar-refractivity contribution is -0.123. The molecule has 1 saturated heterocycles. The molecule has 1 aliphatic heterocycles. The Balaban J connectivity index is 1.34. The third-order valence-corrected chi connectivity index (χ3v) is 7.06. The molecule has 0 aliphatic carbocycles. The summed E-state index contributed by atoms with van der Waals surface area (Å²) in [6.07, 6.45) is 1.61. The van der Waals surface area contributed by atoms with Crippen molar-refractivity contribution < 1.29 is 23.5 Å². The Labute approximate surface area is 222 Å². The van der Waals surface area contributed by atoms with Gasteiger partial charge in [0.2, 0.25) is 0 Å². The maximum Gasteiger partial charge on any atom is 0.293 e. The van der Waals surface area contributed by atoms with Crippen LogP contribution in [0.1, 0.15) is 16.7 Å². The summed E-state index contributed by atoms with van der Waals surface area (Å²) in [4.78, 5) is 27.3. The van der Waals surface area contributed by atoms with Crippen molar-refractivity contribution in [2.45, 2.75) is 13.2 Å². The molecule has 0 radical (unpaired) electrons. The van der Waals surface area contributed by atoms with Crippen molar-refractivity contribution in [3.05, 3.63) is 111 Å². The number of carbonyl (C=O) groups excluding carboxylic acids is 2. The lowest BCUT2D eigenvalue weighted by Crippen LogP contribution is -2.27. The Hall–Kier alpha value is -3.81. The van der Waals surface area contributed by atoms with Crippen LogP contribution in [0.25, 0.3) is 16.8 Å².